The Balaban J connectivity index is 0.000000972. The van der Waals surface area contributed by atoms with Crippen LogP contribution in [0.5, 0.6) is 5.75 Å². The number of phenols is 1. The quantitative estimate of drug-likeness (QED) is 0.0785. The van der Waals surface area contributed by atoms with E-state index < -0.39 is 40.2 Å². The number of carbonyl (C=O) groups excluding carboxylic acids is 2. The number of anilines is 1. The molecule has 154 valence electrons. The molecule has 0 heterocycles. The molecule has 0 amide bonds. The van der Waals surface area contributed by atoms with Crippen LogP contribution in [0.4, 0.5) is 5.69 Å². The fourth-order valence-electron chi connectivity index (χ4n) is 1.33. The predicted molar refractivity (Wildman–Crippen MR) is 93.5 cm³/mol. The molecule has 13 heteroatoms. The lowest BCUT2D eigenvalue weighted by molar-refractivity contribution is -0.216. The average molecular weight is 409 g/mol. The van der Waals surface area contributed by atoms with E-state index >= 15 is 0 Å². The van der Waals surface area contributed by atoms with Crippen LogP contribution in [0, 0.1) is 0 Å². The molecule has 1 atom stereocenters. The summed E-state index contributed by atoms with van der Waals surface area (Å²) in [7, 11) is -4.98. The molecule has 1 rings (SSSR count). The Hall–Kier alpha value is -2.29. The lowest BCUT2D eigenvalue weighted by atomic mass is 10.0. The molecule has 9 N–H and O–H groups in total. The van der Waals surface area contributed by atoms with Gasteiger partial charge in [-0.2, -0.15) is 8.42 Å². The van der Waals surface area contributed by atoms with Crippen molar-refractivity contribution in [1.29, 1.82) is 0 Å². The fourth-order valence-corrected chi connectivity index (χ4v) is 1.48. The monoisotopic (exact) mass is 409 g/mol. The van der Waals surface area contributed by atoms with E-state index in [2.05, 4.69) is 9.22 Å². The van der Waals surface area contributed by atoms with E-state index in [-0.39, 0.29) is 17.0 Å². The van der Waals surface area contributed by atoms with E-state index in [1.165, 1.54) is 18.2 Å². The summed E-state index contributed by atoms with van der Waals surface area (Å²) in [5.74, 6) is -2.38. The van der Waals surface area contributed by atoms with E-state index in [0.717, 1.165) is 0 Å². The summed E-state index contributed by atoms with van der Waals surface area (Å²) < 4.78 is 31.9. The summed E-state index contributed by atoms with van der Waals surface area (Å²) in [6.45, 7) is 3.67. The summed E-state index contributed by atoms with van der Waals surface area (Å²) >= 11 is 0. The van der Waals surface area contributed by atoms with E-state index in [1.807, 2.05) is 0 Å². The van der Waals surface area contributed by atoms with Crippen molar-refractivity contribution < 1.29 is 42.0 Å². The van der Waals surface area contributed by atoms with Crippen molar-refractivity contribution in [3.8, 4) is 5.75 Å². The Kier molecular flexibility index (Phi) is 9.29. The summed E-state index contributed by atoms with van der Waals surface area (Å²) in [6, 6.07) is 2.38. The maximum absolute atomic E-state index is 11.8. The molecule has 0 saturated heterocycles. The second-order valence-electron chi connectivity index (χ2n) is 5.89. The summed E-state index contributed by atoms with van der Waals surface area (Å²) in [5, 5.41) is 18.1. The Morgan fingerprint density at radius 3 is 2.26 bits per heavy atom. The van der Waals surface area contributed by atoms with Gasteiger partial charge in [-0.3, -0.25) is 14.2 Å². The Morgan fingerprint density at radius 1 is 1.30 bits per heavy atom. The number of para-hydroxylation sites is 1. The van der Waals surface area contributed by atoms with Gasteiger partial charge in [0.15, 0.2) is 5.78 Å². The number of aromatic hydroxyl groups is 1. The first kappa shape index (κ1) is 24.7. The van der Waals surface area contributed by atoms with E-state index in [4.69, 9.17) is 26.9 Å². The Bertz CT molecular complexity index is 760. The highest BCUT2D eigenvalue weighted by Crippen LogP contribution is 2.24. The number of hydrogen-bond acceptors (Lipinski definition) is 11. The molecular weight excluding hydrogens is 386 g/mol. The lowest BCUT2D eigenvalue weighted by Crippen LogP contribution is -2.35. The van der Waals surface area contributed by atoms with Crippen LogP contribution in [-0.4, -0.2) is 53.1 Å². The zero-order chi connectivity index (χ0) is 21.4. The highest BCUT2D eigenvalue weighted by atomic mass is 32.3. The van der Waals surface area contributed by atoms with Crippen molar-refractivity contribution in [2.75, 3.05) is 12.3 Å². The van der Waals surface area contributed by atoms with Gasteiger partial charge in [0.05, 0.1) is 11.3 Å². The van der Waals surface area contributed by atoms with Crippen molar-refractivity contribution in [1.82, 2.24) is 0 Å². The first-order valence-corrected chi connectivity index (χ1v) is 8.70. The highest BCUT2D eigenvalue weighted by Gasteiger charge is 2.24. The van der Waals surface area contributed by atoms with Gasteiger partial charge in [-0.15, -0.1) is 0 Å². The minimum Gasteiger partial charge on any atom is -0.506 e. The molecule has 0 fully saturated rings. The minimum absolute atomic E-state index is 0.0612. The maximum Gasteiger partial charge on any atom is 0.432 e. The first-order valence-electron chi connectivity index (χ1n) is 7.34. The molecule has 0 aliphatic carbocycles. The zero-order valence-corrected chi connectivity index (χ0v) is 15.5. The second-order valence-corrected chi connectivity index (χ2v) is 6.88. The number of phenolic OH excluding ortho intramolecular Hbond substituents is 1. The highest BCUT2D eigenvalue weighted by molar-refractivity contribution is 7.80. The molecule has 0 aliphatic rings. The zero-order valence-electron chi connectivity index (χ0n) is 14.7. The normalized spacial score (nSPS) is 12.5. The van der Waals surface area contributed by atoms with Gasteiger partial charge in [0.1, 0.15) is 11.8 Å². The molecule has 0 bridgehead atoms. The van der Waals surface area contributed by atoms with E-state index in [9.17, 15) is 23.1 Å². The van der Waals surface area contributed by atoms with Crippen molar-refractivity contribution >= 4 is 27.8 Å². The van der Waals surface area contributed by atoms with Crippen LogP contribution < -0.4 is 17.2 Å². The third-order valence-corrected chi connectivity index (χ3v) is 3.03. The number of benzene rings is 1. The number of hydrogen-bond donors (Lipinski definition) is 6. The van der Waals surface area contributed by atoms with Crippen molar-refractivity contribution in [3.05, 3.63) is 23.8 Å². The molecule has 12 nitrogen and oxygen atoms in total. The fraction of sp³-hybridized carbons (Fsp3) is 0.429. The van der Waals surface area contributed by atoms with Crippen molar-refractivity contribution in [2.24, 2.45) is 11.5 Å². The van der Waals surface area contributed by atoms with Gasteiger partial charge in [-0.1, -0.05) is 6.07 Å². The number of rotatable bonds is 7. The van der Waals surface area contributed by atoms with Crippen molar-refractivity contribution in [2.45, 2.75) is 31.9 Å². The molecule has 0 saturated carbocycles. The van der Waals surface area contributed by atoms with Gasteiger partial charge in [-0.05, 0) is 30.3 Å². The number of carbonyl (C=O) groups is 2. The molecule has 0 aromatic heterocycles. The average Bonchev–Trinajstić information content (AvgIpc) is 2.54. The molecule has 1 aromatic rings. The van der Waals surface area contributed by atoms with Gasteiger partial charge in [0, 0.05) is 18.5 Å². The number of Topliss-reactive ketones (excluding diaryl/α,β-unsaturated/α-hetero) is 1. The Labute approximate surface area is 155 Å². The van der Waals surface area contributed by atoms with Gasteiger partial charge < -0.3 is 27.4 Å². The second kappa shape index (κ2) is 10.1. The number of nitrogens with two attached hydrogens (primary N) is 3. The summed E-state index contributed by atoms with van der Waals surface area (Å²) in [6.07, 6.45) is -0.582. The molecular formula is C14H23N3O9S. The molecule has 0 aliphatic heterocycles. The van der Waals surface area contributed by atoms with Gasteiger partial charge in [-0.25, -0.2) is 4.79 Å². The van der Waals surface area contributed by atoms with Crippen LogP contribution in [0.25, 0.3) is 0 Å². The lowest BCUT2D eigenvalue weighted by Gasteiger charge is -2.11. The van der Waals surface area contributed by atoms with E-state index in [1.54, 1.807) is 13.8 Å². The van der Waals surface area contributed by atoms with Gasteiger partial charge in [0.2, 0.25) is 0 Å². The number of ketones is 1. The summed E-state index contributed by atoms with van der Waals surface area (Å²) in [5.41, 5.74) is 14.9. The molecule has 1 aromatic carbocycles. The van der Waals surface area contributed by atoms with E-state index in [0.29, 0.717) is 6.54 Å². The SMILES string of the molecule is CC(C)(O)CN.Nc1c(O)cccc1C(=O)C[C@H](N)C(=O)OOS(=O)(=O)O. The third kappa shape index (κ3) is 10.4. The molecule has 0 unspecified atom stereocenters. The Morgan fingerprint density at radius 2 is 1.81 bits per heavy atom. The van der Waals surface area contributed by atoms with Gasteiger partial charge in [0.25, 0.3) is 0 Å². The topological polar surface area (TPSA) is 225 Å². The predicted octanol–water partition coefficient (Wildman–Crippen LogP) is -1.13. The number of nitrogen functional groups attached to an aromatic ring is 1. The maximum atomic E-state index is 11.8. The molecule has 0 spiro atoms. The molecule has 27 heavy (non-hydrogen) atoms. The third-order valence-electron chi connectivity index (χ3n) is 2.79. The van der Waals surface area contributed by atoms with Gasteiger partial charge >= 0.3 is 16.4 Å². The standard InChI is InChI=1S/C10H12N2O8S.C4H11NO/c11-6(10(15)19-20-21(16,17)18)4-8(14)5-2-1-3-7(13)9(5)12;1-4(2,6)3-5/h1-3,6,13H,4,11-12H2,(H,16,17,18);6H,3,5H2,1-2H3/t6-;/m0./s1. The van der Waals surface area contributed by atoms with Crippen LogP contribution in [0.15, 0.2) is 18.2 Å². The minimum atomic E-state index is -4.98. The smallest absolute Gasteiger partial charge is 0.432 e. The first-order chi connectivity index (χ1) is 12.2. The van der Waals surface area contributed by atoms with Crippen LogP contribution >= 0.6 is 0 Å². The van der Waals surface area contributed by atoms with Crippen LogP contribution in [-0.2, 0) is 24.4 Å². The van der Waals surface area contributed by atoms with Crippen LogP contribution in [0.2, 0.25) is 0 Å². The largest absolute Gasteiger partial charge is 0.506 e. The van der Waals surface area contributed by atoms with Crippen LogP contribution in [0.3, 0.4) is 0 Å². The number of aliphatic hydroxyl groups is 1. The summed E-state index contributed by atoms with van der Waals surface area (Å²) in [4.78, 5) is 26.8. The van der Waals surface area contributed by atoms with Crippen molar-refractivity contribution in [3.63, 3.8) is 0 Å². The van der Waals surface area contributed by atoms with Crippen LogP contribution in [0.1, 0.15) is 30.6 Å². The molecule has 0 radical (unpaired) electrons.